The maximum Gasteiger partial charge on any atom is 0.249 e. The second-order valence-electron chi connectivity index (χ2n) is 4.28. The van der Waals surface area contributed by atoms with E-state index in [9.17, 15) is 4.79 Å². The van der Waals surface area contributed by atoms with E-state index in [0.29, 0.717) is 0 Å². The highest BCUT2D eigenvalue weighted by molar-refractivity contribution is 9.10. The highest BCUT2D eigenvalue weighted by Gasteiger charge is 2.40. The molecular weight excluding hydrogens is 270 g/mol. The van der Waals surface area contributed by atoms with Crippen molar-refractivity contribution in [3.8, 4) is 0 Å². The molecule has 1 amide bonds. The van der Waals surface area contributed by atoms with Crippen LogP contribution < -0.4 is 10.2 Å². The maximum atomic E-state index is 12.0. The molecule has 1 N–H and O–H groups in total. The summed E-state index contributed by atoms with van der Waals surface area (Å²) < 4.78 is 0.863. The minimum Gasteiger partial charge on any atom is -0.341 e. The molecule has 0 aliphatic carbocycles. The molecule has 0 fully saturated rings. The Balaban J connectivity index is 2.56. The van der Waals surface area contributed by atoms with Crippen molar-refractivity contribution in [3.63, 3.8) is 0 Å². The Kier molecular flexibility index (Phi) is 2.66. The van der Waals surface area contributed by atoms with Crippen molar-refractivity contribution >= 4 is 33.3 Å². The van der Waals surface area contributed by atoms with Gasteiger partial charge in [0.1, 0.15) is 5.54 Å². The van der Waals surface area contributed by atoms with Crippen LogP contribution in [0.15, 0.2) is 16.7 Å². The number of likely N-dealkylation sites (N-methyl/N-ethyl adjacent to an activating group) is 1. The molecule has 2 rings (SSSR count). The van der Waals surface area contributed by atoms with Crippen LogP contribution in [0.4, 0.5) is 11.5 Å². The van der Waals surface area contributed by atoms with Crippen molar-refractivity contribution in [3.05, 3.63) is 16.7 Å². The lowest BCUT2D eigenvalue weighted by molar-refractivity contribution is -0.120. The molecule has 1 aromatic rings. The SMILES string of the molecule is CCN1c2ncc(Br)cc2NC(=O)C1(C)C. The molecule has 0 saturated carbocycles. The lowest BCUT2D eigenvalue weighted by atomic mass is 9.98. The molecule has 2 heterocycles. The predicted octanol–water partition coefficient (Wildman–Crippen LogP) is 2.40. The van der Waals surface area contributed by atoms with E-state index in [4.69, 9.17) is 0 Å². The van der Waals surface area contributed by atoms with E-state index < -0.39 is 5.54 Å². The minimum absolute atomic E-state index is 0.00162. The average molecular weight is 284 g/mol. The second-order valence-corrected chi connectivity index (χ2v) is 5.20. The first-order chi connectivity index (χ1) is 7.46. The first kappa shape index (κ1) is 11.4. The molecule has 1 aromatic heterocycles. The van der Waals surface area contributed by atoms with Crippen molar-refractivity contribution in [1.29, 1.82) is 0 Å². The molecule has 0 atom stereocenters. The average Bonchev–Trinajstić information content (AvgIpc) is 2.20. The molecular formula is C11H14BrN3O. The highest BCUT2D eigenvalue weighted by atomic mass is 79.9. The van der Waals surface area contributed by atoms with Crippen LogP contribution in [0.3, 0.4) is 0 Å². The molecule has 0 bridgehead atoms. The van der Waals surface area contributed by atoms with Gasteiger partial charge in [-0.15, -0.1) is 0 Å². The van der Waals surface area contributed by atoms with Crippen LogP contribution in [0.1, 0.15) is 20.8 Å². The summed E-state index contributed by atoms with van der Waals surface area (Å²) in [6.07, 6.45) is 1.75. The summed E-state index contributed by atoms with van der Waals surface area (Å²) in [5.74, 6) is 0.831. The van der Waals surface area contributed by atoms with Crippen molar-refractivity contribution in [2.45, 2.75) is 26.3 Å². The number of carbonyl (C=O) groups is 1. The Morgan fingerprint density at radius 1 is 1.56 bits per heavy atom. The van der Waals surface area contributed by atoms with Crippen LogP contribution >= 0.6 is 15.9 Å². The molecule has 5 heteroatoms. The van der Waals surface area contributed by atoms with E-state index in [1.807, 2.05) is 31.7 Å². The number of anilines is 2. The predicted molar refractivity (Wildman–Crippen MR) is 67.7 cm³/mol. The van der Waals surface area contributed by atoms with E-state index in [-0.39, 0.29) is 5.91 Å². The van der Waals surface area contributed by atoms with E-state index in [1.54, 1.807) is 6.20 Å². The fourth-order valence-corrected chi connectivity index (χ4v) is 2.28. The van der Waals surface area contributed by atoms with Gasteiger partial charge in [0, 0.05) is 17.2 Å². The number of rotatable bonds is 1. The van der Waals surface area contributed by atoms with Crippen LogP contribution in [-0.4, -0.2) is 23.0 Å². The van der Waals surface area contributed by atoms with Gasteiger partial charge >= 0.3 is 0 Å². The van der Waals surface area contributed by atoms with Gasteiger partial charge < -0.3 is 10.2 Å². The number of fused-ring (bicyclic) bond motifs is 1. The van der Waals surface area contributed by atoms with Crippen LogP contribution in [0.2, 0.25) is 0 Å². The van der Waals surface area contributed by atoms with E-state index >= 15 is 0 Å². The Labute approximate surface area is 103 Å². The molecule has 16 heavy (non-hydrogen) atoms. The molecule has 0 spiro atoms. The largest absolute Gasteiger partial charge is 0.341 e. The summed E-state index contributed by atoms with van der Waals surface area (Å²) in [6, 6.07) is 1.87. The fraction of sp³-hybridized carbons (Fsp3) is 0.455. The first-order valence-electron chi connectivity index (χ1n) is 5.21. The van der Waals surface area contributed by atoms with Crippen molar-refractivity contribution in [1.82, 2.24) is 4.98 Å². The number of pyridine rings is 1. The number of carbonyl (C=O) groups excluding carboxylic acids is 1. The molecule has 0 unspecified atom stereocenters. The summed E-state index contributed by atoms with van der Waals surface area (Å²) in [7, 11) is 0. The lowest BCUT2D eigenvalue weighted by Gasteiger charge is -2.42. The van der Waals surface area contributed by atoms with Crippen molar-refractivity contribution in [2.24, 2.45) is 0 Å². The van der Waals surface area contributed by atoms with Crippen LogP contribution in [0.25, 0.3) is 0 Å². The zero-order valence-electron chi connectivity index (χ0n) is 9.54. The Morgan fingerprint density at radius 2 is 2.25 bits per heavy atom. The molecule has 0 aromatic carbocycles. The van der Waals surface area contributed by atoms with Gasteiger partial charge in [0.15, 0.2) is 5.82 Å². The summed E-state index contributed by atoms with van der Waals surface area (Å²) in [4.78, 5) is 18.3. The van der Waals surface area contributed by atoms with Crippen LogP contribution in [0.5, 0.6) is 0 Å². The second kappa shape index (κ2) is 3.73. The smallest absolute Gasteiger partial charge is 0.249 e. The van der Waals surface area contributed by atoms with Gasteiger partial charge in [0.05, 0.1) is 5.69 Å². The van der Waals surface area contributed by atoms with Crippen molar-refractivity contribution in [2.75, 3.05) is 16.8 Å². The Hall–Kier alpha value is -1.10. The summed E-state index contributed by atoms with van der Waals surface area (Å²) in [5, 5.41) is 2.88. The Morgan fingerprint density at radius 3 is 2.88 bits per heavy atom. The standard InChI is InChI=1S/C11H14BrN3O/c1-4-15-9-8(5-7(12)6-13-9)14-10(16)11(15,2)3/h5-6H,4H2,1-3H3,(H,14,16). The molecule has 1 aliphatic heterocycles. The number of nitrogens with one attached hydrogen (secondary N) is 1. The maximum absolute atomic E-state index is 12.0. The monoisotopic (exact) mass is 283 g/mol. The van der Waals surface area contributed by atoms with Gasteiger partial charge in [-0.25, -0.2) is 4.98 Å². The van der Waals surface area contributed by atoms with Gasteiger partial charge in [-0.3, -0.25) is 4.79 Å². The third kappa shape index (κ3) is 1.59. The number of hydrogen-bond donors (Lipinski definition) is 1. The molecule has 4 nitrogen and oxygen atoms in total. The van der Waals surface area contributed by atoms with Gasteiger partial charge in [-0.1, -0.05) is 0 Å². The molecule has 1 aliphatic rings. The number of aromatic nitrogens is 1. The molecule has 0 saturated heterocycles. The number of amides is 1. The third-order valence-electron chi connectivity index (χ3n) is 2.88. The number of halogens is 1. The van der Waals surface area contributed by atoms with Gasteiger partial charge in [0.25, 0.3) is 0 Å². The third-order valence-corrected chi connectivity index (χ3v) is 3.32. The zero-order chi connectivity index (χ0) is 11.9. The van der Waals surface area contributed by atoms with E-state index in [1.165, 1.54) is 0 Å². The summed E-state index contributed by atoms with van der Waals surface area (Å²) in [6.45, 7) is 6.58. The van der Waals surface area contributed by atoms with E-state index in [2.05, 4.69) is 26.2 Å². The van der Waals surface area contributed by atoms with Crippen molar-refractivity contribution < 1.29 is 4.79 Å². The fourth-order valence-electron chi connectivity index (χ4n) is 1.95. The number of hydrogen-bond acceptors (Lipinski definition) is 3. The van der Waals surface area contributed by atoms with Gasteiger partial charge in [0.2, 0.25) is 5.91 Å². The number of nitrogens with zero attached hydrogens (tertiary/aromatic N) is 2. The van der Waals surface area contributed by atoms with Crippen LogP contribution in [-0.2, 0) is 4.79 Å². The van der Waals surface area contributed by atoms with E-state index in [0.717, 1.165) is 22.5 Å². The normalized spacial score (nSPS) is 18.0. The minimum atomic E-state index is -0.553. The van der Waals surface area contributed by atoms with Gasteiger partial charge in [-0.2, -0.15) is 0 Å². The van der Waals surface area contributed by atoms with Crippen LogP contribution in [0, 0.1) is 0 Å². The Bertz CT molecular complexity index is 445. The summed E-state index contributed by atoms with van der Waals surface area (Å²) in [5.41, 5.74) is 0.211. The van der Waals surface area contributed by atoms with Gasteiger partial charge in [-0.05, 0) is 42.8 Å². The molecule has 0 radical (unpaired) electrons. The topological polar surface area (TPSA) is 45.2 Å². The lowest BCUT2D eigenvalue weighted by Crippen LogP contribution is -2.56. The summed E-state index contributed by atoms with van der Waals surface area (Å²) >= 11 is 3.35. The quantitative estimate of drug-likeness (QED) is 0.861. The molecule has 86 valence electrons. The zero-order valence-corrected chi connectivity index (χ0v) is 11.1. The highest BCUT2D eigenvalue weighted by Crippen LogP contribution is 2.35. The first-order valence-corrected chi connectivity index (χ1v) is 6.00.